The van der Waals surface area contributed by atoms with Crippen molar-refractivity contribution in [1.82, 2.24) is 4.98 Å². The lowest BCUT2D eigenvalue weighted by atomic mass is 10.0. The van der Waals surface area contributed by atoms with Crippen LogP contribution in [0.3, 0.4) is 0 Å². The first-order valence-electron chi connectivity index (χ1n) is 7.13. The standard InChI is InChI=1S/C17H20N2O2/c1-4-7-12-8-6-9-13-15(12)19-17(21)14(11(3)20)16(13)18-10-5-2/h5-6,8-9H,2,4,7,10H2,1,3H3,(H2,18,19,21). The number of carbonyl (C=O) groups excluding carboxylic acids is 1. The maximum Gasteiger partial charge on any atom is 0.261 e. The average molecular weight is 284 g/mol. The largest absolute Gasteiger partial charge is 0.380 e. The molecule has 1 aromatic carbocycles. The quantitative estimate of drug-likeness (QED) is 0.632. The molecule has 0 aliphatic rings. The summed E-state index contributed by atoms with van der Waals surface area (Å²) in [6.45, 7) is 7.67. The van der Waals surface area contributed by atoms with Gasteiger partial charge >= 0.3 is 0 Å². The van der Waals surface area contributed by atoms with E-state index in [2.05, 4.69) is 23.8 Å². The number of fused-ring (bicyclic) bond motifs is 1. The first-order chi connectivity index (χ1) is 10.1. The monoisotopic (exact) mass is 284 g/mol. The molecule has 2 N–H and O–H groups in total. The fourth-order valence-electron chi connectivity index (χ4n) is 2.55. The molecule has 1 aromatic heterocycles. The maximum atomic E-state index is 12.3. The molecule has 2 aromatic rings. The number of carbonyl (C=O) groups is 1. The first kappa shape index (κ1) is 15.0. The van der Waals surface area contributed by atoms with Crippen LogP contribution in [0.15, 0.2) is 35.6 Å². The zero-order valence-electron chi connectivity index (χ0n) is 12.5. The molecule has 4 heteroatoms. The molecule has 2 rings (SSSR count). The first-order valence-corrected chi connectivity index (χ1v) is 7.13. The Hall–Kier alpha value is -2.36. The fraction of sp³-hybridized carbons (Fsp3) is 0.294. The van der Waals surface area contributed by atoms with Crippen LogP contribution in [0.4, 0.5) is 5.69 Å². The van der Waals surface area contributed by atoms with E-state index >= 15 is 0 Å². The molecule has 0 bridgehead atoms. The third-order valence-electron chi connectivity index (χ3n) is 3.43. The van der Waals surface area contributed by atoms with Crippen LogP contribution in [0, 0.1) is 0 Å². The molecular weight excluding hydrogens is 264 g/mol. The second-order valence-corrected chi connectivity index (χ2v) is 5.02. The average Bonchev–Trinajstić information content (AvgIpc) is 2.45. The molecule has 0 spiro atoms. The third-order valence-corrected chi connectivity index (χ3v) is 3.43. The predicted molar refractivity (Wildman–Crippen MR) is 87.3 cm³/mol. The minimum Gasteiger partial charge on any atom is -0.380 e. The van der Waals surface area contributed by atoms with Crippen molar-refractivity contribution in [3.8, 4) is 0 Å². The zero-order valence-corrected chi connectivity index (χ0v) is 12.5. The fourth-order valence-corrected chi connectivity index (χ4v) is 2.55. The van der Waals surface area contributed by atoms with Gasteiger partial charge in [-0.15, -0.1) is 6.58 Å². The van der Waals surface area contributed by atoms with Gasteiger partial charge in [0.1, 0.15) is 5.56 Å². The summed E-state index contributed by atoms with van der Waals surface area (Å²) in [6, 6.07) is 5.88. The van der Waals surface area contributed by atoms with E-state index in [4.69, 9.17) is 0 Å². The molecule has 0 aliphatic heterocycles. The molecule has 110 valence electrons. The number of nitrogens with one attached hydrogen (secondary N) is 2. The lowest BCUT2D eigenvalue weighted by Crippen LogP contribution is -2.20. The number of para-hydroxylation sites is 1. The number of anilines is 1. The zero-order chi connectivity index (χ0) is 15.4. The number of aryl methyl sites for hydroxylation is 1. The van der Waals surface area contributed by atoms with Crippen molar-refractivity contribution in [3.05, 3.63) is 52.3 Å². The molecule has 4 nitrogen and oxygen atoms in total. The van der Waals surface area contributed by atoms with Gasteiger partial charge in [0, 0.05) is 11.9 Å². The molecule has 0 aliphatic carbocycles. The van der Waals surface area contributed by atoms with Crippen molar-refractivity contribution in [2.45, 2.75) is 26.7 Å². The summed E-state index contributed by atoms with van der Waals surface area (Å²) in [5.74, 6) is -0.245. The number of hydrogen-bond acceptors (Lipinski definition) is 3. The van der Waals surface area contributed by atoms with Gasteiger partial charge in [-0.3, -0.25) is 9.59 Å². The molecule has 1 heterocycles. The van der Waals surface area contributed by atoms with Crippen molar-refractivity contribution in [2.24, 2.45) is 0 Å². The van der Waals surface area contributed by atoms with Crippen LogP contribution in [-0.2, 0) is 6.42 Å². The van der Waals surface area contributed by atoms with Gasteiger partial charge in [-0.25, -0.2) is 0 Å². The summed E-state index contributed by atoms with van der Waals surface area (Å²) in [5.41, 5.74) is 2.33. The second kappa shape index (κ2) is 6.39. The lowest BCUT2D eigenvalue weighted by molar-refractivity contribution is 0.101. The Bertz CT molecular complexity index is 744. The Labute approximate surface area is 123 Å². The van der Waals surface area contributed by atoms with Gasteiger partial charge in [0.25, 0.3) is 5.56 Å². The van der Waals surface area contributed by atoms with Crippen LogP contribution in [0.25, 0.3) is 10.9 Å². The van der Waals surface area contributed by atoms with Crippen molar-refractivity contribution in [3.63, 3.8) is 0 Å². The molecule has 0 unspecified atom stereocenters. The van der Waals surface area contributed by atoms with Gasteiger partial charge in [0.15, 0.2) is 5.78 Å². The Balaban J connectivity index is 2.81. The van der Waals surface area contributed by atoms with Crippen molar-refractivity contribution < 1.29 is 4.79 Å². The highest BCUT2D eigenvalue weighted by Crippen LogP contribution is 2.27. The van der Waals surface area contributed by atoms with E-state index in [0.717, 1.165) is 29.3 Å². The minimum atomic E-state index is -0.342. The minimum absolute atomic E-state index is 0.179. The van der Waals surface area contributed by atoms with Crippen LogP contribution < -0.4 is 10.9 Å². The highest BCUT2D eigenvalue weighted by molar-refractivity contribution is 6.07. The molecular formula is C17H20N2O2. The Kier molecular flexibility index (Phi) is 4.58. The number of benzene rings is 1. The Morgan fingerprint density at radius 3 is 2.81 bits per heavy atom. The number of rotatable bonds is 6. The van der Waals surface area contributed by atoms with Crippen molar-refractivity contribution >= 4 is 22.4 Å². The van der Waals surface area contributed by atoms with Gasteiger partial charge < -0.3 is 10.3 Å². The van der Waals surface area contributed by atoms with E-state index in [-0.39, 0.29) is 16.9 Å². The highest BCUT2D eigenvalue weighted by Gasteiger charge is 2.17. The van der Waals surface area contributed by atoms with Gasteiger partial charge in [0.05, 0.1) is 11.2 Å². The van der Waals surface area contributed by atoms with E-state index in [1.54, 1.807) is 6.08 Å². The molecule has 0 saturated heterocycles. The summed E-state index contributed by atoms with van der Waals surface area (Å²) in [4.78, 5) is 27.0. The normalized spacial score (nSPS) is 10.6. The van der Waals surface area contributed by atoms with Gasteiger partial charge in [-0.2, -0.15) is 0 Å². The van der Waals surface area contributed by atoms with Gasteiger partial charge in [-0.1, -0.05) is 37.6 Å². The second-order valence-electron chi connectivity index (χ2n) is 5.02. The van der Waals surface area contributed by atoms with E-state index in [9.17, 15) is 9.59 Å². The summed E-state index contributed by atoms with van der Waals surface area (Å²) in [7, 11) is 0. The molecule has 0 fully saturated rings. The third kappa shape index (κ3) is 2.89. The molecule has 0 atom stereocenters. The number of hydrogen-bond donors (Lipinski definition) is 2. The van der Waals surface area contributed by atoms with Gasteiger partial charge in [0.2, 0.25) is 0 Å². The summed E-state index contributed by atoms with van der Waals surface area (Å²) in [6.07, 6.45) is 3.57. The van der Waals surface area contributed by atoms with Crippen molar-refractivity contribution in [2.75, 3.05) is 11.9 Å². The smallest absolute Gasteiger partial charge is 0.261 e. The van der Waals surface area contributed by atoms with Crippen molar-refractivity contribution in [1.29, 1.82) is 0 Å². The number of aromatic nitrogens is 1. The molecule has 21 heavy (non-hydrogen) atoms. The maximum absolute atomic E-state index is 12.3. The van der Waals surface area contributed by atoms with Crippen LogP contribution in [-0.4, -0.2) is 17.3 Å². The highest BCUT2D eigenvalue weighted by atomic mass is 16.1. The molecule has 0 saturated carbocycles. The Morgan fingerprint density at radius 2 is 2.19 bits per heavy atom. The van der Waals surface area contributed by atoms with Crippen LogP contribution >= 0.6 is 0 Å². The number of H-pyrrole nitrogens is 1. The Morgan fingerprint density at radius 1 is 1.43 bits per heavy atom. The number of aromatic amines is 1. The van der Waals surface area contributed by atoms with E-state index in [0.29, 0.717) is 12.2 Å². The van der Waals surface area contributed by atoms with E-state index < -0.39 is 0 Å². The molecule has 0 amide bonds. The number of pyridine rings is 1. The number of ketones is 1. The van der Waals surface area contributed by atoms with Crippen LogP contribution in [0.2, 0.25) is 0 Å². The summed E-state index contributed by atoms with van der Waals surface area (Å²) in [5, 5.41) is 4.01. The molecule has 0 radical (unpaired) electrons. The van der Waals surface area contributed by atoms with Crippen LogP contribution in [0.5, 0.6) is 0 Å². The summed E-state index contributed by atoms with van der Waals surface area (Å²) < 4.78 is 0. The SMILES string of the molecule is C=CCNc1c(C(C)=O)c(=O)[nH]c2c(CCC)cccc12. The van der Waals surface area contributed by atoms with E-state index in [1.807, 2.05) is 18.2 Å². The topological polar surface area (TPSA) is 62.0 Å². The lowest BCUT2D eigenvalue weighted by Gasteiger charge is -2.14. The van der Waals surface area contributed by atoms with Gasteiger partial charge in [-0.05, 0) is 18.9 Å². The van der Waals surface area contributed by atoms with E-state index in [1.165, 1.54) is 6.92 Å². The summed E-state index contributed by atoms with van der Waals surface area (Å²) >= 11 is 0. The van der Waals surface area contributed by atoms with Crippen LogP contribution in [0.1, 0.15) is 36.2 Å². The predicted octanol–water partition coefficient (Wildman–Crippen LogP) is 3.28. The number of Topliss-reactive ketones (excluding diaryl/α,β-unsaturated/α-hetero) is 1.